The fourth-order valence-corrected chi connectivity index (χ4v) is 4.45. The van der Waals surface area contributed by atoms with Gasteiger partial charge in [-0.3, -0.25) is 4.79 Å². The Hall–Kier alpha value is -5.16. The van der Waals surface area contributed by atoms with E-state index in [1.807, 2.05) is 12.1 Å². The molecule has 3 aromatic heterocycles. The standard InChI is InChI=1S/C28H20ClN5O6/c1-14-7-26(36)40-23-10-20(22(35)8-18(14)23)27-30-21-11-25(24(38-2)9-19(21)28(37)31-27)39-13-16-12-34(33-32-16)17-5-3-15(29)4-6-17/h3-12,35H,13H2,1-2H3,(H,30,31,37). The zero-order chi connectivity index (χ0) is 28.0. The number of ether oxygens (including phenoxy) is 2. The minimum atomic E-state index is -0.524. The molecule has 0 saturated carbocycles. The Balaban J connectivity index is 1.35. The number of phenols is 1. The van der Waals surface area contributed by atoms with Crippen molar-refractivity contribution in [1.29, 1.82) is 0 Å². The molecule has 0 radical (unpaired) electrons. The summed E-state index contributed by atoms with van der Waals surface area (Å²) < 4.78 is 18.3. The molecular weight excluding hydrogens is 538 g/mol. The number of rotatable bonds is 6. The monoisotopic (exact) mass is 557 g/mol. The molecule has 0 aliphatic heterocycles. The van der Waals surface area contributed by atoms with Crippen molar-refractivity contribution in [2.45, 2.75) is 13.5 Å². The van der Waals surface area contributed by atoms with Crippen LogP contribution in [0.3, 0.4) is 0 Å². The van der Waals surface area contributed by atoms with Crippen molar-refractivity contribution < 1.29 is 19.0 Å². The lowest BCUT2D eigenvalue weighted by molar-refractivity contribution is 0.281. The summed E-state index contributed by atoms with van der Waals surface area (Å²) in [4.78, 5) is 32.1. The number of nitrogens with one attached hydrogen (secondary N) is 1. The number of nitrogens with zero attached hydrogens (tertiary/aromatic N) is 4. The molecule has 6 rings (SSSR count). The van der Waals surface area contributed by atoms with Crippen LogP contribution in [0.2, 0.25) is 5.02 Å². The zero-order valence-corrected chi connectivity index (χ0v) is 21.9. The first-order valence-electron chi connectivity index (χ1n) is 12.0. The van der Waals surface area contributed by atoms with E-state index in [0.717, 1.165) is 5.69 Å². The van der Waals surface area contributed by atoms with Crippen LogP contribution < -0.4 is 20.7 Å². The predicted molar refractivity (Wildman–Crippen MR) is 147 cm³/mol. The first-order valence-corrected chi connectivity index (χ1v) is 12.4. The SMILES string of the molecule is COc1cc2c(=O)[nH]c(-c3cc4oc(=O)cc(C)c4cc3O)nc2cc1OCc1cn(-c2ccc(Cl)cc2)nn1. The number of aromatic amines is 1. The van der Waals surface area contributed by atoms with Gasteiger partial charge in [0.05, 0.1) is 35.5 Å². The second kappa shape index (κ2) is 9.86. The van der Waals surface area contributed by atoms with Gasteiger partial charge in [0.1, 0.15) is 29.5 Å². The summed E-state index contributed by atoms with van der Waals surface area (Å²) in [5.74, 6) is 0.594. The molecule has 6 aromatic rings. The molecule has 0 unspecified atom stereocenters. The summed E-state index contributed by atoms with van der Waals surface area (Å²) >= 11 is 5.96. The van der Waals surface area contributed by atoms with E-state index in [-0.39, 0.29) is 34.7 Å². The first-order chi connectivity index (χ1) is 19.3. The number of aryl methyl sites for hydroxylation is 1. The number of phenolic OH excluding ortho intramolecular Hbond substituents is 1. The average Bonchev–Trinajstić information content (AvgIpc) is 3.41. The van der Waals surface area contributed by atoms with Gasteiger partial charge in [0.15, 0.2) is 11.5 Å². The molecule has 0 aliphatic rings. The molecule has 3 aromatic carbocycles. The van der Waals surface area contributed by atoms with Gasteiger partial charge in [-0.25, -0.2) is 14.5 Å². The van der Waals surface area contributed by atoms with E-state index in [4.69, 9.17) is 25.5 Å². The summed E-state index contributed by atoms with van der Waals surface area (Å²) in [7, 11) is 1.46. The number of aromatic hydroxyl groups is 1. The molecule has 0 spiro atoms. The van der Waals surface area contributed by atoms with Crippen molar-refractivity contribution in [2.75, 3.05) is 7.11 Å². The van der Waals surface area contributed by atoms with E-state index >= 15 is 0 Å². The Morgan fingerprint density at radius 2 is 1.85 bits per heavy atom. The molecule has 12 heteroatoms. The average molecular weight is 558 g/mol. The van der Waals surface area contributed by atoms with E-state index in [2.05, 4.69) is 20.3 Å². The number of fused-ring (bicyclic) bond motifs is 2. The van der Waals surface area contributed by atoms with Crippen LogP contribution in [0.1, 0.15) is 11.3 Å². The van der Waals surface area contributed by atoms with Crippen LogP contribution in [-0.4, -0.2) is 37.2 Å². The second-order valence-corrected chi connectivity index (χ2v) is 9.40. The molecule has 0 atom stereocenters. The highest BCUT2D eigenvalue weighted by Gasteiger charge is 2.17. The van der Waals surface area contributed by atoms with Crippen LogP contribution in [-0.2, 0) is 6.61 Å². The largest absolute Gasteiger partial charge is 0.507 e. The van der Waals surface area contributed by atoms with Crippen molar-refractivity contribution in [3.05, 3.63) is 97.8 Å². The van der Waals surface area contributed by atoms with Gasteiger partial charge in [0, 0.05) is 22.5 Å². The topological polar surface area (TPSA) is 145 Å². The summed E-state index contributed by atoms with van der Waals surface area (Å²) in [6.45, 7) is 1.80. The third-order valence-corrected chi connectivity index (χ3v) is 6.57. The van der Waals surface area contributed by atoms with Crippen molar-refractivity contribution in [3.63, 3.8) is 0 Å². The Morgan fingerprint density at radius 3 is 2.62 bits per heavy atom. The second-order valence-electron chi connectivity index (χ2n) is 8.97. The molecule has 200 valence electrons. The quantitative estimate of drug-likeness (QED) is 0.282. The van der Waals surface area contributed by atoms with Gasteiger partial charge < -0.3 is 24.0 Å². The highest BCUT2D eigenvalue weighted by molar-refractivity contribution is 6.30. The lowest BCUT2D eigenvalue weighted by Gasteiger charge is -2.12. The minimum absolute atomic E-state index is 0.0648. The van der Waals surface area contributed by atoms with Crippen LogP contribution in [0.5, 0.6) is 17.2 Å². The summed E-state index contributed by atoms with van der Waals surface area (Å²) in [5, 5.41) is 20.4. The Labute approximate surface area is 230 Å². The van der Waals surface area contributed by atoms with Crippen molar-refractivity contribution >= 4 is 33.5 Å². The van der Waals surface area contributed by atoms with E-state index in [9.17, 15) is 14.7 Å². The predicted octanol–water partition coefficient (Wildman–Crippen LogP) is 4.53. The highest BCUT2D eigenvalue weighted by atomic mass is 35.5. The Bertz CT molecular complexity index is 2030. The Kier molecular flexibility index (Phi) is 6.20. The number of aromatic nitrogens is 5. The van der Waals surface area contributed by atoms with Gasteiger partial charge >= 0.3 is 5.63 Å². The molecule has 3 heterocycles. The van der Waals surface area contributed by atoms with E-state index in [1.54, 1.807) is 36.0 Å². The number of H-pyrrole nitrogens is 1. The van der Waals surface area contributed by atoms with Crippen molar-refractivity contribution in [1.82, 2.24) is 25.0 Å². The summed E-state index contributed by atoms with van der Waals surface area (Å²) in [5.41, 5.74) is 1.75. The van der Waals surface area contributed by atoms with E-state index < -0.39 is 11.2 Å². The fraction of sp³-hybridized carbons (Fsp3) is 0.107. The maximum atomic E-state index is 13.0. The molecular formula is C28H20ClN5O6. The van der Waals surface area contributed by atoms with Crippen LogP contribution >= 0.6 is 11.6 Å². The number of benzene rings is 3. The van der Waals surface area contributed by atoms with Gasteiger partial charge in [-0.2, -0.15) is 0 Å². The number of halogens is 1. The third-order valence-electron chi connectivity index (χ3n) is 6.32. The van der Waals surface area contributed by atoms with E-state index in [0.29, 0.717) is 38.7 Å². The van der Waals surface area contributed by atoms with Crippen molar-refractivity contribution in [2.24, 2.45) is 0 Å². The third kappa shape index (κ3) is 4.63. The lowest BCUT2D eigenvalue weighted by Crippen LogP contribution is -2.10. The summed E-state index contributed by atoms with van der Waals surface area (Å²) in [6.07, 6.45) is 1.72. The Morgan fingerprint density at radius 1 is 1.05 bits per heavy atom. The normalized spacial score (nSPS) is 11.3. The van der Waals surface area contributed by atoms with Crippen molar-refractivity contribution in [3.8, 4) is 34.3 Å². The van der Waals surface area contributed by atoms with Gasteiger partial charge in [-0.15, -0.1) is 5.10 Å². The molecule has 2 N–H and O–H groups in total. The highest BCUT2D eigenvalue weighted by Crippen LogP contribution is 2.35. The molecule has 40 heavy (non-hydrogen) atoms. The smallest absolute Gasteiger partial charge is 0.336 e. The van der Waals surface area contributed by atoms with Gasteiger partial charge in [-0.1, -0.05) is 16.8 Å². The lowest BCUT2D eigenvalue weighted by atomic mass is 10.1. The van der Waals surface area contributed by atoms with E-state index in [1.165, 1.54) is 31.4 Å². The number of hydrogen-bond donors (Lipinski definition) is 2. The van der Waals surface area contributed by atoms with Gasteiger partial charge in [0.25, 0.3) is 5.56 Å². The maximum Gasteiger partial charge on any atom is 0.336 e. The molecule has 0 aliphatic carbocycles. The summed E-state index contributed by atoms with van der Waals surface area (Å²) in [6, 6.07) is 14.5. The maximum absolute atomic E-state index is 13.0. The molecule has 0 fully saturated rings. The van der Waals surface area contributed by atoms with Crippen LogP contribution in [0.15, 0.2) is 74.8 Å². The minimum Gasteiger partial charge on any atom is -0.507 e. The van der Waals surface area contributed by atoms with Gasteiger partial charge in [-0.05, 0) is 55.0 Å². The molecule has 0 saturated heterocycles. The molecule has 11 nitrogen and oxygen atoms in total. The number of hydrogen-bond acceptors (Lipinski definition) is 9. The van der Waals surface area contributed by atoms with Crippen LogP contribution in [0.25, 0.3) is 38.9 Å². The van der Waals surface area contributed by atoms with Crippen LogP contribution in [0.4, 0.5) is 0 Å². The number of methoxy groups -OCH3 is 1. The molecule has 0 bridgehead atoms. The van der Waals surface area contributed by atoms with Gasteiger partial charge in [0.2, 0.25) is 0 Å². The first kappa shape index (κ1) is 25.1. The van der Waals surface area contributed by atoms with Crippen LogP contribution in [0, 0.1) is 6.92 Å². The fourth-order valence-electron chi connectivity index (χ4n) is 4.33. The zero-order valence-electron chi connectivity index (χ0n) is 21.1. The molecule has 0 amide bonds.